The number of carbonyl (C=O) groups excluding carboxylic acids is 3. The van der Waals surface area contributed by atoms with Crippen molar-refractivity contribution in [3.63, 3.8) is 0 Å². The Morgan fingerprint density at radius 1 is 1.35 bits per heavy atom. The number of amides is 3. The Hall–Kier alpha value is -1.63. The van der Waals surface area contributed by atoms with Gasteiger partial charge in [0.25, 0.3) is 0 Å². The molecule has 1 saturated heterocycles. The number of nitrogens with zero attached hydrogens (tertiary/aromatic N) is 2. The summed E-state index contributed by atoms with van der Waals surface area (Å²) in [5.41, 5.74) is 0. The number of likely N-dealkylation sites (tertiary alicyclic amines) is 1. The van der Waals surface area contributed by atoms with Crippen molar-refractivity contribution < 1.29 is 19.6 Å². The van der Waals surface area contributed by atoms with Crippen LogP contribution in [0.3, 0.4) is 0 Å². The Bertz CT molecular complexity index is 470. The molecule has 0 spiro atoms. The van der Waals surface area contributed by atoms with E-state index in [0.717, 1.165) is 38.6 Å². The molecular weight excluding hydrogens is 334 g/mol. The molecule has 1 fully saturated rings. The summed E-state index contributed by atoms with van der Waals surface area (Å²) in [7, 11) is 0. The molecule has 1 aliphatic heterocycles. The first-order valence-electron chi connectivity index (χ1n) is 9.87. The molecule has 2 N–H and O–H groups in total. The van der Waals surface area contributed by atoms with Crippen LogP contribution in [0.15, 0.2) is 0 Å². The van der Waals surface area contributed by atoms with Crippen molar-refractivity contribution in [1.29, 1.82) is 0 Å². The lowest BCUT2D eigenvalue weighted by molar-refractivity contribution is -0.155. The van der Waals surface area contributed by atoms with Crippen molar-refractivity contribution in [3.05, 3.63) is 0 Å². The van der Waals surface area contributed by atoms with Gasteiger partial charge in [0, 0.05) is 12.6 Å². The van der Waals surface area contributed by atoms with Gasteiger partial charge in [-0.15, -0.1) is 0 Å². The standard InChI is InChI=1S/C19H35N3O4/c1-5-7-9-15(12-21(26)13-23)18(24)20-17(14(3)4)19(25)22-11-8-10-16(22)6-2/h13-17,26H,5-12H2,1-4H3,(H,20,24). The number of hydrogen-bond acceptors (Lipinski definition) is 4. The van der Waals surface area contributed by atoms with Crippen LogP contribution in [0.4, 0.5) is 0 Å². The van der Waals surface area contributed by atoms with Gasteiger partial charge in [0.2, 0.25) is 18.2 Å². The minimum absolute atomic E-state index is 0.0248. The summed E-state index contributed by atoms with van der Waals surface area (Å²) < 4.78 is 0. The number of unbranched alkanes of at least 4 members (excludes halogenated alkanes) is 1. The van der Waals surface area contributed by atoms with E-state index in [1.807, 2.05) is 25.7 Å². The summed E-state index contributed by atoms with van der Waals surface area (Å²) in [6, 6.07) is -0.332. The van der Waals surface area contributed by atoms with Crippen LogP contribution in [0.1, 0.15) is 66.2 Å². The van der Waals surface area contributed by atoms with Crippen LogP contribution in [-0.4, -0.2) is 58.6 Å². The predicted octanol–water partition coefficient (Wildman–Crippen LogP) is 2.18. The minimum Gasteiger partial charge on any atom is -0.344 e. The first-order chi connectivity index (χ1) is 12.3. The molecule has 0 radical (unpaired) electrons. The molecule has 1 aliphatic rings. The monoisotopic (exact) mass is 369 g/mol. The molecule has 0 aromatic rings. The van der Waals surface area contributed by atoms with Gasteiger partial charge in [0.1, 0.15) is 6.04 Å². The fraction of sp³-hybridized carbons (Fsp3) is 0.842. The average Bonchev–Trinajstić information content (AvgIpc) is 3.10. The second-order valence-corrected chi connectivity index (χ2v) is 7.53. The molecule has 7 nitrogen and oxygen atoms in total. The predicted molar refractivity (Wildman–Crippen MR) is 99.4 cm³/mol. The zero-order valence-corrected chi connectivity index (χ0v) is 16.6. The number of nitrogens with one attached hydrogen (secondary N) is 1. The Labute approximate surface area is 157 Å². The summed E-state index contributed by atoms with van der Waals surface area (Å²) in [6.45, 7) is 8.62. The first kappa shape index (κ1) is 22.4. The highest BCUT2D eigenvalue weighted by Gasteiger charge is 2.35. The van der Waals surface area contributed by atoms with Crippen LogP contribution in [0.25, 0.3) is 0 Å². The molecule has 0 bridgehead atoms. The summed E-state index contributed by atoms with van der Waals surface area (Å²) in [6.07, 6.45) is 5.52. The fourth-order valence-electron chi connectivity index (χ4n) is 3.54. The van der Waals surface area contributed by atoms with E-state index in [0.29, 0.717) is 17.9 Å². The molecule has 7 heteroatoms. The van der Waals surface area contributed by atoms with E-state index in [1.165, 1.54) is 0 Å². The first-order valence-corrected chi connectivity index (χ1v) is 9.87. The van der Waals surface area contributed by atoms with Crippen LogP contribution >= 0.6 is 0 Å². The molecule has 0 aromatic heterocycles. The minimum atomic E-state index is -0.581. The van der Waals surface area contributed by atoms with Gasteiger partial charge in [-0.2, -0.15) is 0 Å². The fourth-order valence-corrected chi connectivity index (χ4v) is 3.54. The Balaban J connectivity index is 2.83. The van der Waals surface area contributed by atoms with Crippen LogP contribution in [0.5, 0.6) is 0 Å². The third-order valence-corrected chi connectivity index (χ3v) is 5.17. The van der Waals surface area contributed by atoms with E-state index in [9.17, 15) is 19.6 Å². The lowest BCUT2D eigenvalue weighted by atomic mass is 9.97. The molecule has 0 saturated carbocycles. The number of rotatable bonds is 11. The van der Waals surface area contributed by atoms with Gasteiger partial charge in [-0.05, 0) is 31.6 Å². The highest BCUT2D eigenvalue weighted by molar-refractivity contribution is 5.89. The molecule has 26 heavy (non-hydrogen) atoms. The van der Waals surface area contributed by atoms with Crippen molar-refractivity contribution in [1.82, 2.24) is 15.3 Å². The van der Waals surface area contributed by atoms with Gasteiger partial charge in [0.15, 0.2) is 0 Å². The molecule has 3 amide bonds. The van der Waals surface area contributed by atoms with E-state index in [4.69, 9.17) is 0 Å². The van der Waals surface area contributed by atoms with Crippen molar-refractivity contribution in [3.8, 4) is 0 Å². The molecule has 3 atom stereocenters. The van der Waals surface area contributed by atoms with Gasteiger partial charge >= 0.3 is 0 Å². The van der Waals surface area contributed by atoms with Crippen molar-refractivity contribution in [2.75, 3.05) is 13.1 Å². The second kappa shape index (κ2) is 11.2. The lowest BCUT2D eigenvalue weighted by Crippen LogP contribution is -2.54. The largest absolute Gasteiger partial charge is 0.344 e. The third-order valence-electron chi connectivity index (χ3n) is 5.17. The molecule has 150 valence electrons. The van der Waals surface area contributed by atoms with E-state index in [-0.39, 0.29) is 30.3 Å². The van der Waals surface area contributed by atoms with E-state index < -0.39 is 12.0 Å². The smallest absolute Gasteiger partial charge is 0.245 e. The van der Waals surface area contributed by atoms with Gasteiger partial charge in [-0.3, -0.25) is 19.6 Å². The Kier molecular flexibility index (Phi) is 9.62. The van der Waals surface area contributed by atoms with Gasteiger partial charge in [-0.25, -0.2) is 5.06 Å². The normalized spacial score (nSPS) is 19.3. The maximum atomic E-state index is 13.0. The second-order valence-electron chi connectivity index (χ2n) is 7.53. The zero-order valence-electron chi connectivity index (χ0n) is 16.6. The summed E-state index contributed by atoms with van der Waals surface area (Å²) >= 11 is 0. The van der Waals surface area contributed by atoms with Crippen LogP contribution < -0.4 is 5.32 Å². The topological polar surface area (TPSA) is 90.0 Å². The highest BCUT2D eigenvalue weighted by atomic mass is 16.5. The van der Waals surface area contributed by atoms with Gasteiger partial charge < -0.3 is 10.2 Å². The van der Waals surface area contributed by atoms with E-state index in [2.05, 4.69) is 12.2 Å². The maximum absolute atomic E-state index is 13.0. The summed E-state index contributed by atoms with van der Waals surface area (Å²) in [4.78, 5) is 38.4. The van der Waals surface area contributed by atoms with Crippen LogP contribution in [0, 0.1) is 11.8 Å². The molecule has 0 aliphatic carbocycles. The SMILES string of the molecule is CCCCC(CN(O)C=O)C(=O)NC(C(=O)N1CCCC1CC)C(C)C. The number of hydroxylamine groups is 2. The van der Waals surface area contributed by atoms with Crippen molar-refractivity contribution in [2.45, 2.75) is 78.3 Å². The summed E-state index contributed by atoms with van der Waals surface area (Å²) in [5, 5.41) is 12.9. The quantitative estimate of drug-likeness (QED) is 0.332. The van der Waals surface area contributed by atoms with Crippen LogP contribution in [0.2, 0.25) is 0 Å². The van der Waals surface area contributed by atoms with Crippen molar-refractivity contribution >= 4 is 18.2 Å². The maximum Gasteiger partial charge on any atom is 0.245 e. The highest BCUT2D eigenvalue weighted by Crippen LogP contribution is 2.22. The van der Waals surface area contributed by atoms with Gasteiger partial charge in [-0.1, -0.05) is 40.5 Å². The number of carbonyl (C=O) groups is 3. The lowest BCUT2D eigenvalue weighted by Gasteiger charge is -2.31. The molecule has 3 unspecified atom stereocenters. The molecule has 0 aromatic carbocycles. The average molecular weight is 370 g/mol. The third kappa shape index (κ3) is 6.27. The summed E-state index contributed by atoms with van der Waals surface area (Å²) in [5.74, 6) is -0.866. The van der Waals surface area contributed by atoms with Gasteiger partial charge in [0.05, 0.1) is 12.5 Å². The van der Waals surface area contributed by atoms with E-state index >= 15 is 0 Å². The molecule has 1 heterocycles. The number of hydrogen-bond donors (Lipinski definition) is 2. The molecular formula is C19H35N3O4. The van der Waals surface area contributed by atoms with Crippen molar-refractivity contribution in [2.24, 2.45) is 11.8 Å². The Morgan fingerprint density at radius 2 is 2.04 bits per heavy atom. The molecule has 1 rings (SSSR count). The zero-order chi connectivity index (χ0) is 19.7. The Morgan fingerprint density at radius 3 is 2.58 bits per heavy atom. The van der Waals surface area contributed by atoms with E-state index in [1.54, 1.807) is 0 Å². The van der Waals surface area contributed by atoms with Crippen LogP contribution in [-0.2, 0) is 14.4 Å².